The van der Waals surface area contributed by atoms with Crippen molar-refractivity contribution in [2.45, 2.75) is 33.0 Å². The van der Waals surface area contributed by atoms with Gasteiger partial charge in [0.25, 0.3) is 0 Å². The lowest BCUT2D eigenvalue weighted by Gasteiger charge is -2.14. The van der Waals surface area contributed by atoms with Gasteiger partial charge in [-0.2, -0.15) is 0 Å². The predicted molar refractivity (Wildman–Crippen MR) is 43.9 cm³/mol. The van der Waals surface area contributed by atoms with Crippen LogP contribution in [0.4, 0.5) is 0 Å². The van der Waals surface area contributed by atoms with Crippen molar-refractivity contribution in [1.29, 1.82) is 0 Å². The number of rotatable bonds is 4. The Morgan fingerprint density at radius 3 is 2.20 bits per heavy atom. The summed E-state index contributed by atoms with van der Waals surface area (Å²) in [4.78, 5) is 0. The van der Waals surface area contributed by atoms with E-state index in [2.05, 4.69) is 13.8 Å². The fraction of sp³-hybridized carbons (Fsp3) is 1.00. The first-order valence-electron chi connectivity index (χ1n) is 3.78. The molecule has 0 aromatic carbocycles. The molecule has 0 bridgehead atoms. The van der Waals surface area contributed by atoms with Crippen molar-refractivity contribution >= 4 is 7.12 Å². The van der Waals surface area contributed by atoms with Crippen LogP contribution in [0.25, 0.3) is 0 Å². The summed E-state index contributed by atoms with van der Waals surface area (Å²) in [7, 11) is 0.934. The van der Waals surface area contributed by atoms with Gasteiger partial charge in [-0.1, -0.05) is 20.8 Å². The van der Waals surface area contributed by atoms with E-state index in [1.807, 2.05) is 6.92 Å². The van der Waals surface area contributed by atoms with Gasteiger partial charge in [-0.25, -0.2) is 0 Å². The molecule has 0 amide bonds. The first kappa shape index (κ1) is 9.98. The molecule has 0 heterocycles. The normalized spacial score (nSPS) is 13.8. The van der Waals surface area contributed by atoms with E-state index in [9.17, 15) is 0 Å². The molecule has 0 saturated carbocycles. The second kappa shape index (κ2) is 4.75. The lowest BCUT2D eigenvalue weighted by atomic mass is 9.70. The van der Waals surface area contributed by atoms with Crippen LogP contribution in [0.1, 0.15) is 27.2 Å². The molecule has 0 saturated heterocycles. The van der Waals surface area contributed by atoms with Crippen LogP contribution in [0.15, 0.2) is 0 Å². The van der Waals surface area contributed by atoms with Crippen LogP contribution in [-0.4, -0.2) is 19.3 Å². The summed E-state index contributed by atoms with van der Waals surface area (Å²) in [5, 5.41) is 9.15. The summed E-state index contributed by atoms with van der Waals surface area (Å²) >= 11 is 0. The minimum Gasteiger partial charge on any atom is -0.427 e. The van der Waals surface area contributed by atoms with E-state index < -0.39 is 7.12 Å². The monoisotopic (exact) mass is 144 g/mol. The van der Waals surface area contributed by atoms with Crippen LogP contribution < -0.4 is 0 Å². The first-order valence-corrected chi connectivity index (χ1v) is 3.78. The zero-order valence-electron chi connectivity index (χ0n) is 7.29. The molecule has 1 N–H and O–H groups in total. The first-order chi connectivity index (χ1) is 4.57. The van der Waals surface area contributed by atoms with Crippen LogP contribution in [-0.2, 0) is 4.65 Å². The van der Waals surface area contributed by atoms with Crippen molar-refractivity contribution in [2.75, 3.05) is 7.11 Å². The Morgan fingerprint density at radius 2 is 1.90 bits per heavy atom. The van der Waals surface area contributed by atoms with E-state index in [-0.39, 0.29) is 5.82 Å². The summed E-state index contributed by atoms with van der Waals surface area (Å²) in [6, 6.07) is 0. The fourth-order valence-corrected chi connectivity index (χ4v) is 1.09. The molecule has 3 heteroatoms. The van der Waals surface area contributed by atoms with Crippen molar-refractivity contribution < 1.29 is 9.68 Å². The van der Waals surface area contributed by atoms with Crippen molar-refractivity contribution in [1.82, 2.24) is 0 Å². The summed E-state index contributed by atoms with van der Waals surface area (Å²) in [5.41, 5.74) is 0. The van der Waals surface area contributed by atoms with Gasteiger partial charge in [0.05, 0.1) is 0 Å². The summed E-state index contributed by atoms with van der Waals surface area (Å²) in [5.74, 6) is 0.866. The predicted octanol–water partition coefficient (Wildman–Crippen LogP) is 1.55. The summed E-state index contributed by atoms with van der Waals surface area (Å²) < 4.78 is 4.77. The number of hydrogen-bond acceptors (Lipinski definition) is 2. The van der Waals surface area contributed by atoms with Crippen LogP contribution in [0.3, 0.4) is 0 Å². The third-order valence-corrected chi connectivity index (χ3v) is 1.57. The van der Waals surface area contributed by atoms with E-state index in [1.54, 1.807) is 0 Å². The van der Waals surface area contributed by atoms with Crippen LogP contribution in [0.5, 0.6) is 0 Å². The molecule has 0 spiro atoms. The Morgan fingerprint density at radius 1 is 1.40 bits per heavy atom. The zero-order chi connectivity index (χ0) is 8.15. The molecule has 0 radical (unpaired) electrons. The molecule has 60 valence electrons. The number of hydrogen-bond donors (Lipinski definition) is 1. The maximum atomic E-state index is 9.15. The van der Waals surface area contributed by atoms with Gasteiger partial charge in [-0.15, -0.1) is 0 Å². The largest absolute Gasteiger partial charge is 0.456 e. The lowest BCUT2D eigenvalue weighted by molar-refractivity contribution is 0.306. The second-order valence-corrected chi connectivity index (χ2v) is 3.23. The third-order valence-electron chi connectivity index (χ3n) is 1.57. The second-order valence-electron chi connectivity index (χ2n) is 3.23. The van der Waals surface area contributed by atoms with Crippen molar-refractivity contribution in [3.8, 4) is 0 Å². The molecular formula is C7H17BO2. The molecule has 0 aliphatic rings. The van der Waals surface area contributed by atoms with E-state index in [4.69, 9.17) is 9.68 Å². The quantitative estimate of drug-likeness (QED) is 0.606. The zero-order valence-corrected chi connectivity index (χ0v) is 7.29. The maximum absolute atomic E-state index is 9.15. The molecule has 0 unspecified atom stereocenters. The van der Waals surface area contributed by atoms with Gasteiger partial charge in [0.2, 0.25) is 0 Å². The van der Waals surface area contributed by atoms with Crippen LogP contribution in [0, 0.1) is 5.92 Å². The minimum atomic E-state index is -0.595. The van der Waals surface area contributed by atoms with Gasteiger partial charge < -0.3 is 9.68 Å². The highest BCUT2D eigenvalue weighted by atomic mass is 16.5. The molecular weight excluding hydrogens is 127 g/mol. The molecule has 1 atom stereocenters. The molecule has 10 heavy (non-hydrogen) atoms. The van der Waals surface area contributed by atoms with Gasteiger partial charge in [0, 0.05) is 7.11 Å². The molecule has 0 aromatic rings. The highest BCUT2D eigenvalue weighted by molar-refractivity contribution is 6.44. The Bertz CT molecular complexity index is 85.7. The van der Waals surface area contributed by atoms with Crippen molar-refractivity contribution in [2.24, 2.45) is 5.92 Å². The smallest absolute Gasteiger partial charge is 0.427 e. The highest BCUT2D eigenvalue weighted by Crippen LogP contribution is 2.18. The standard InChI is InChI=1S/C7H17BO2/c1-6(2)5-7(3)8(9)10-4/h6-7,9H,5H2,1-4H3/t7-/m0/s1. The van der Waals surface area contributed by atoms with Crippen molar-refractivity contribution in [3.63, 3.8) is 0 Å². The highest BCUT2D eigenvalue weighted by Gasteiger charge is 2.21. The Kier molecular flexibility index (Phi) is 4.74. The fourth-order valence-electron chi connectivity index (χ4n) is 1.09. The molecule has 0 aliphatic heterocycles. The SMILES string of the molecule is COB(O)[C@@H](C)CC(C)C. The van der Waals surface area contributed by atoms with Gasteiger partial charge in [0.15, 0.2) is 0 Å². The summed E-state index contributed by atoms with van der Waals surface area (Å²) in [6.07, 6.45) is 1.01. The minimum absolute atomic E-state index is 0.241. The Hall–Kier alpha value is -0.0151. The van der Waals surface area contributed by atoms with E-state index in [1.165, 1.54) is 7.11 Å². The van der Waals surface area contributed by atoms with E-state index in [0.29, 0.717) is 5.92 Å². The molecule has 2 nitrogen and oxygen atoms in total. The van der Waals surface area contributed by atoms with Gasteiger partial charge in [-0.3, -0.25) is 0 Å². The molecule has 0 aliphatic carbocycles. The average Bonchev–Trinajstić information content (AvgIpc) is 1.85. The average molecular weight is 144 g/mol. The molecule has 0 fully saturated rings. The summed E-state index contributed by atoms with van der Waals surface area (Å²) in [6.45, 7) is 6.27. The molecule has 0 rings (SSSR count). The van der Waals surface area contributed by atoms with Crippen molar-refractivity contribution in [3.05, 3.63) is 0 Å². The van der Waals surface area contributed by atoms with Crippen LogP contribution >= 0.6 is 0 Å². The van der Waals surface area contributed by atoms with Crippen LogP contribution in [0.2, 0.25) is 5.82 Å². The van der Waals surface area contributed by atoms with E-state index >= 15 is 0 Å². The Labute approximate surface area is 63.7 Å². The van der Waals surface area contributed by atoms with E-state index in [0.717, 1.165) is 6.42 Å². The third kappa shape index (κ3) is 3.91. The topological polar surface area (TPSA) is 29.5 Å². The van der Waals surface area contributed by atoms with Gasteiger partial charge >= 0.3 is 7.12 Å². The lowest BCUT2D eigenvalue weighted by Crippen LogP contribution is -2.22. The van der Waals surface area contributed by atoms with Gasteiger partial charge in [0.1, 0.15) is 0 Å². The molecule has 0 aromatic heterocycles. The Balaban J connectivity index is 3.50. The van der Waals surface area contributed by atoms with Gasteiger partial charge in [-0.05, 0) is 18.2 Å². The maximum Gasteiger partial charge on any atom is 0.456 e.